The Bertz CT molecular complexity index is 394. The molecule has 0 unspecified atom stereocenters. The molecule has 0 aromatic carbocycles. The maximum Gasteiger partial charge on any atom is 0.0850 e. The van der Waals surface area contributed by atoms with Crippen molar-refractivity contribution in [2.75, 3.05) is 6.54 Å². The van der Waals surface area contributed by atoms with Gasteiger partial charge in [0.1, 0.15) is 0 Å². The lowest BCUT2D eigenvalue weighted by Gasteiger charge is -2.05. The molecule has 1 heterocycles. The Hall–Kier alpha value is -0.800. The van der Waals surface area contributed by atoms with Gasteiger partial charge in [0.05, 0.1) is 16.4 Å². The van der Waals surface area contributed by atoms with E-state index in [-0.39, 0.29) is 0 Å². The van der Waals surface area contributed by atoms with E-state index in [1.807, 2.05) is 11.6 Å². The van der Waals surface area contributed by atoms with Gasteiger partial charge in [0, 0.05) is 19.0 Å². The summed E-state index contributed by atoms with van der Waals surface area (Å²) in [6, 6.07) is 0.553. The molecule has 1 N–H and O–H groups in total. The fraction of sp³-hybridized carbons (Fsp3) is 0.643. The van der Waals surface area contributed by atoms with Gasteiger partial charge in [-0.1, -0.05) is 37.6 Å². The molecule has 0 saturated carbocycles. The molecular weight excluding hydrogens is 246 g/mol. The normalized spacial score (nSPS) is 11.9. The average molecular weight is 270 g/mol. The van der Waals surface area contributed by atoms with Crippen molar-refractivity contribution in [2.45, 2.75) is 53.1 Å². The van der Waals surface area contributed by atoms with E-state index in [2.05, 4.69) is 43.3 Å². The van der Waals surface area contributed by atoms with Gasteiger partial charge in [0.2, 0.25) is 0 Å². The van der Waals surface area contributed by atoms with Crippen LogP contribution in [0, 0.1) is 6.92 Å². The molecule has 1 aromatic heterocycles. The smallest absolute Gasteiger partial charge is 0.0850 e. The third-order valence-electron chi connectivity index (χ3n) is 2.79. The van der Waals surface area contributed by atoms with Crippen LogP contribution in [0.5, 0.6) is 0 Å². The summed E-state index contributed by atoms with van der Waals surface area (Å²) < 4.78 is 1.98. The number of nitrogens with one attached hydrogen (secondary N) is 1. The number of hydrogen-bond acceptors (Lipinski definition) is 2. The Labute approximate surface area is 115 Å². The Balaban J connectivity index is 2.45. The topological polar surface area (TPSA) is 29.9 Å². The molecule has 102 valence electrons. The first-order valence-corrected chi connectivity index (χ1v) is 7.04. The maximum atomic E-state index is 6.24. The molecule has 0 fully saturated rings. The Morgan fingerprint density at radius 1 is 1.39 bits per heavy atom. The second-order valence-corrected chi connectivity index (χ2v) is 5.11. The summed E-state index contributed by atoms with van der Waals surface area (Å²) in [5.74, 6) is 0. The number of rotatable bonds is 7. The maximum absolute atomic E-state index is 6.24. The van der Waals surface area contributed by atoms with E-state index in [1.54, 1.807) is 0 Å². The van der Waals surface area contributed by atoms with Crippen molar-refractivity contribution in [1.82, 2.24) is 15.1 Å². The van der Waals surface area contributed by atoms with Crippen LogP contribution in [0.25, 0.3) is 0 Å². The molecule has 4 heteroatoms. The van der Waals surface area contributed by atoms with Gasteiger partial charge < -0.3 is 5.32 Å². The van der Waals surface area contributed by atoms with Crippen LogP contribution in [0.1, 0.15) is 38.6 Å². The summed E-state index contributed by atoms with van der Waals surface area (Å²) >= 11 is 6.24. The van der Waals surface area contributed by atoms with E-state index in [0.717, 1.165) is 42.3 Å². The molecule has 0 aliphatic carbocycles. The molecule has 0 atom stereocenters. The van der Waals surface area contributed by atoms with Crippen LogP contribution < -0.4 is 5.32 Å². The molecule has 0 saturated heterocycles. The molecule has 18 heavy (non-hydrogen) atoms. The minimum Gasteiger partial charge on any atom is -0.314 e. The van der Waals surface area contributed by atoms with E-state index >= 15 is 0 Å². The third-order valence-corrected chi connectivity index (χ3v) is 3.29. The molecule has 0 radical (unpaired) electrons. The zero-order valence-corrected chi connectivity index (χ0v) is 12.6. The highest BCUT2D eigenvalue weighted by Gasteiger charge is 2.10. The molecule has 0 bridgehead atoms. The highest BCUT2D eigenvalue weighted by molar-refractivity contribution is 6.31. The van der Waals surface area contributed by atoms with Crippen molar-refractivity contribution < 1.29 is 0 Å². The largest absolute Gasteiger partial charge is 0.314 e. The second kappa shape index (κ2) is 7.59. The van der Waals surface area contributed by atoms with Crippen LogP contribution in [-0.4, -0.2) is 22.4 Å². The lowest BCUT2D eigenvalue weighted by Crippen LogP contribution is -2.23. The second-order valence-electron chi connectivity index (χ2n) is 4.73. The predicted molar refractivity (Wildman–Crippen MR) is 78.2 cm³/mol. The lowest BCUT2D eigenvalue weighted by atomic mass is 10.2. The van der Waals surface area contributed by atoms with Gasteiger partial charge in [0.25, 0.3) is 0 Å². The number of aryl methyl sites for hydroxylation is 2. The van der Waals surface area contributed by atoms with Crippen molar-refractivity contribution in [3.63, 3.8) is 0 Å². The van der Waals surface area contributed by atoms with Gasteiger partial charge in [-0.3, -0.25) is 4.68 Å². The van der Waals surface area contributed by atoms with E-state index < -0.39 is 0 Å². The third kappa shape index (κ3) is 4.46. The van der Waals surface area contributed by atoms with Crippen LogP contribution >= 0.6 is 11.6 Å². The lowest BCUT2D eigenvalue weighted by molar-refractivity contribution is 0.594. The summed E-state index contributed by atoms with van der Waals surface area (Å²) in [6.45, 7) is 10.2. The van der Waals surface area contributed by atoms with Gasteiger partial charge in [-0.05, 0) is 26.8 Å². The number of nitrogens with zero attached hydrogens (tertiary/aromatic N) is 2. The minimum atomic E-state index is 0.553. The van der Waals surface area contributed by atoms with Gasteiger partial charge in [-0.25, -0.2) is 0 Å². The van der Waals surface area contributed by atoms with Crippen molar-refractivity contribution >= 4 is 11.6 Å². The van der Waals surface area contributed by atoms with Crippen LogP contribution in [0.3, 0.4) is 0 Å². The SMILES string of the molecule is CCn1nc(C)c(Cl)c1CC=CCCNC(C)C. The van der Waals surface area contributed by atoms with Crippen molar-refractivity contribution in [3.05, 3.63) is 28.6 Å². The summed E-state index contributed by atoms with van der Waals surface area (Å²) in [4.78, 5) is 0. The van der Waals surface area contributed by atoms with Crippen molar-refractivity contribution in [1.29, 1.82) is 0 Å². The standard InChI is InChI=1S/C14H24ClN3/c1-5-18-13(14(15)12(4)17-18)9-7-6-8-10-16-11(2)3/h6-7,11,16H,5,8-10H2,1-4H3. The van der Waals surface area contributed by atoms with E-state index in [9.17, 15) is 0 Å². The Kier molecular flexibility index (Phi) is 6.44. The molecule has 0 spiro atoms. The summed E-state index contributed by atoms with van der Waals surface area (Å²) in [5, 5.41) is 8.60. The summed E-state index contributed by atoms with van der Waals surface area (Å²) in [6.07, 6.45) is 6.29. The molecule has 3 nitrogen and oxygen atoms in total. The van der Waals surface area contributed by atoms with Crippen molar-refractivity contribution in [3.8, 4) is 0 Å². The van der Waals surface area contributed by atoms with Gasteiger partial charge >= 0.3 is 0 Å². The minimum absolute atomic E-state index is 0.553. The number of aromatic nitrogens is 2. The van der Waals surface area contributed by atoms with Crippen LogP contribution in [0.15, 0.2) is 12.2 Å². The predicted octanol–water partition coefficient (Wildman–Crippen LogP) is 3.35. The Morgan fingerprint density at radius 2 is 2.11 bits per heavy atom. The van der Waals surface area contributed by atoms with Crippen molar-refractivity contribution in [2.24, 2.45) is 0 Å². The van der Waals surface area contributed by atoms with Crippen LogP contribution in [0.4, 0.5) is 0 Å². The van der Waals surface area contributed by atoms with Crippen LogP contribution in [-0.2, 0) is 13.0 Å². The van der Waals surface area contributed by atoms with Gasteiger partial charge in [-0.2, -0.15) is 5.10 Å². The zero-order valence-electron chi connectivity index (χ0n) is 11.8. The molecule has 1 rings (SSSR count). The summed E-state index contributed by atoms with van der Waals surface area (Å²) in [7, 11) is 0. The van der Waals surface area contributed by atoms with E-state index in [1.165, 1.54) is 0 Å². The number of halogens is 1. The molecular formula is C14H24ClN3. The molecule has 0 aliphatic heterocycles. The Morgan fingerprint density at radius 3 is 2.72 bits per heavy atom. The fourth-order valence-electron chi connectivity index (χ4n) is 1.83. The van der Waals surface area contributed by atoms with E-state index in [0.29, 0.717) is 6.04 Å². The molecule has 0 amide bonds. The van der Waals surface area contributed by atoms with Crippen LogP contribution in [0.2, 0.25) is 5.02 Å². The molecule has 1 aromatic rings. The quantitative estimate of drug-likeness (QED) is 0.608. The fourth-order valence-corrected chi connectivity index (χ4v) is 2.04. The van der Waals surface area contributed by atoms with Gasteiger partial charge in [0.15, 0.2) is 0 Å². The first kappa shape index (κ1) is 15.3. The first-order chi connectivity index (χ1) is 8.56. The molecule has 0 aliphatic rings. The average Bonchev–Trinajstić information content (AvgIpc) is 2.60. The highest BCUT2D eigenvalue weighted by atomic mass is 35.5. The number of hydrogen-bond donors (Lipinski definition) is 1. The monoisotopic (exact) mass is 269 g/mol. The highest BCUT2D eigenvalue weighted by Crippen LogP contribution is 2.20. The van der Waals surface area contributed by atoms with Gasteiger partial charge in [-0.15, -0.1) is 0 Å². The first-order valence-electron chi connectivity index (χ1n) is 6.66. The van der Waals surface area contributed by atoms with E-state index in [4.69, 9.17) is 11.6 Å². The zero-order chi connectivity index (χ0) is 13.5. The summed E-state index contributed by atoms with van der Waals surface area (Å²) in [5.41, 5.74) is 2.04. The number of allylic oxidation sites excluding steroid dienone is 1.